The maximum Gasteiger partial charge on any atom is 0.338 e. The van der Waals surface area contributed by atoms with Gasteiger partial charge in [0.05, 0.1) is 30.6 Å². The number of aliphatic hydroxyl groups excluding tert-OH is 1. The van der Waals surface area contributed by atoms with Crippen LogP contribution in [0.3, 0.4) is 0 Å². The van der Waals surface area contributed by atoms with Crippen molar-refractivity contribution >= 4 is 23.0 Å². The highest BCUT2D eigenvalue weighted by atomic mass is 16.5. The summed E-state index contributed by atoms with van der Waals surface area (Å²) in [5.41, 5.74) is 7.61. The molecule has 0 bridgehead atoms. The molecule has 0 saturated heterocycles. The van der Waals surface area contributed by atoms with Crippen LogP contribution in [0.1, 0.15) is 55.4 Å². The van der Waals surface area contributed by atoms with Crippen LogP contribution in [0, 0.1) is 0 Å². The van der Waals surface area contributed by atoms with Gasteiger partial charge in [-0.15, -0.1) is 0 Å². The van der Waals surface area contributed by atoms with E-state index in [1.165, 1.54) is 6.33 Å². The molecule has 0 spiro atoms. The predicted octanol–water partition coefficient (Wildman–Crippen LogP) is 3.14. The molecule has 8 heteroatoms. The van der Waals surface area contributed by atoms with Gasteiger partial charge in [-0.25, -0.2) is 19.7 Å². The molecule has 0 saturated carbocycles. The molecule has 154 valence electrons. The topological polar surface area (TPSA) is 116 Å². The van der Waals surface area contributed by atoms with E-state index in [1.54, 1.807) is 25.4 Å². The van der Waals surface area contributed by atoms with E-state index in [0.717, 1.165) is 32.1 Å². The van der Waals surface area contributed by atoms with Crippen molar-refractivity contribution in [1.82, 2.24) is 19.5 Å². The number of nitrogens with two attached hydrogens (primary N) is 1. The third-order valence-corrected chi connectivity index (χ3v) is 4.94. The lowest BCUT2D eigenvalue weighted by Gasteiger charge is -2.21. The third-order valence-electron chi connectivity index (χ3n) is 4.94. The van der Waals surface area contributed by atoms with Crippen molar-refractivity contribution in [3.05, 3.63) is 48.5 Å². The number of esters is 1. The molecule has 0 radical (unpaired) electrons. The zero-order valence-corrected chi connectivity index (χ0v) is 16.6. The minimum Gasteiger partial charge on any atom is -0.462 e. The number of ether oxygens (including phenoxy) is 1. The second-order valence-corrected chi connectivity index (χ2v) is 7.10. The SMILES string of the molecule is CC(O)C(CCCCCCOC(=O)c1ccccc1)n1cnc2c(N)ncnc21. The van der Waals surface area contributed by atoms with E-state index in [9.17, 15) is 9.90 Å². The minimum absolute atomic E-state index is 0.134. The number of hydrogen-bond donors (Lipinski definition) is 2. The molecule has 3 aromatic rings. The summed E-state index contributed by atoms with van der Waals surface area (Å²) < 4.78 is 7.17. The van der Waals surface area contributed by atoms with E-state index in [0.29, 0.717) is 29.2 Å². The first-order valence-electron chi connectivity index (χ1n) is 9.91. The summed E-state index contributed by atoms with van der Waals surface area (Å²) in [5, 5.41) is 10.2. The van der Waals surface area contributed by atoms with Crippen molar-refractivity contribution in [2.75, 3.05) is 12.3 Å². The van der Waals surface area contributed by atoms with Gasteiger partial charge in [-0.2, -0.15) is 0 Å². The van der Waals surface area contributed by atoms with E-state index in [-0.39, 0.29) is 12.0 Å². The zero-order chi connectivity index (χ0) is 20.6. The van der Waals surface area contributed by atoms with E-state index in [2.05, 4.69) is 15.0 Å². The number of nitrogens with zero attached hydrogens (tertiary/aromatic N) is 4. The maximum atomic E-state index is 11.9. The van der Waals surface area contributed by atoms with E-state index < -0.39 is 6.10 Å². The first-order chi connectivity index (χ1) is 14.1. The quantitative estimate of drug-likeness (QED) is 0.399. The summed E-state index contributed by atoms with van der Waals surface area (Å²) in [4.78, 5) is 24.4. The van der Waals surface area contributed by atoms with Crippen LogP contribution in [-0.4, -0.2) is 43.3 Å². The lowest BCUT2D eigenvalue weighted by Crippen LogP contribution is -2.21. The first kappa shape index (κ1) is 20.7. The molecule has 3 N–H and O–H groups in total. The first-order valence-corrected chi connectivity index (χ1v) is 9.91. The second kappa shape index (κ2) is 9.97. The minimum atomic E-state index is -0.546. The zero-order valence-electron chi connectivity index (χ0n) is 16.6. The number of carbonyl (C=O) groups excluding carboxylic acids is 1. The Balaban J connectivity index is 1.42. The van der Waals surface area contributed by atoms with Crippen molar-refractivity contribution in [3.63, 3.8) is 0 Å². The Kier molecular flexibility index (Phi) is 7.13. The van der Waals surface area contributed by atoms with Gasteiger partial charge in [0.1, 0.15) is 11.8 Å². The molecule has 2 aromatic heterocycles. The monoisotopic (exact) mass is 397 g/mol. The smallest absolute Gasteiger partial charge is 0.338 e. The predicted molar refractivity (Wildman–Crippen MR) is 110 cm³/mol. The molecule has 0 fully saturated rings. The van der Waals surface area contributed by atoms with Gasteiger partial charge < -0.3 is 20.1 Å². The molecule has 2 atom stereocenters. The molecule has 29 heavy (non-hydrogen) atoms. The number of imidazole rings is 1. The second-order valence-electron chi connectivity index (χ2n) is 7.10. The van der Waals surface area contributed by atoms with E-state index >= 15 is 0 Å². The van der Waals surface area contributed by atoms with E-state index in [1.807, 2.05) is 22.8 Å². The summed E-state index contributed by atoms with van der Waals surface area (Å²) in [7, 11) is 0. The standard InChI is InChI=1S/C21H27N5O3/c1-15(27)17(26-14-25-18-19(22)23-13-24-20(18)26)11-7-2-3-8-12-29-21(28)16-9-5-4-6-10-16/h4-6,9-10,13-15,17,27H,2-3,7-8,11-12H2,1H3,(H2,22,23,24). The largest absolute Gasteiger partial charge is 0.462 e. The molecular weight excluding hydrogens is 370 g/mol. The van der Waals surface area contributed by atoms with Crippen molar-refractivity contribution in [3.8, 4) is 0 Å². The van der Waals surface area contributed by atoms with Crippen LogP contribution in [0.4, 0.5) is 5.82 Å². The van der Waals surface area contributed by atoms with Gasteiger partial charge in [-0.3, -0.25) is 0 Å². The third kappa shape index (κ3) is 5.29. The molecule has 3 rings (SSSR count). The molecule has 0 aliphatic rings. The van der Waals surface area contributed by atoms with Crippen LogP contribution in [0.25, 0.3) is 11.2 Å². The number of unbranched alkanes of at least 4 members (excludes halogenated alkanes) is 3. The van der Waals surface area contributed by atoms with Crippen LogP contribution in [0.2, 0.25) is 0 Å². The molecule has 0 aliphatic carbocycles. The fourth-order valence-corrected chi connectivity index (χ4v) is 3.36. The molecule has 0 aliphatic heterocycles. The van der Waals surface area contributed by atoms with Gasteiger partial charge in [-0.1, -0.05) is 37.5 Å². The Hall–Kier alpha value is -3.00. The normalized spacial score (nSPS) is 13.3. The van der Waals surface area contributed by atoms with Crippen molar-refractivity contribution in [2.24, 2.45) is 0 Å². The number of benzene rings is 1. The number of aromatic nitrogens is 4. The van der Waals surface area contributed by atoms with E-state index in [4.69, 9.17) is 10.5 Å². The number of nitrogen functional groups attached to an aromatic ring is 1. The summed E-state index contributed by atoms with van der Waals surface area (Å²) in [6, 6.07) is 8.86. The van der Waals surface area contributed by atoms with Crippen molar-refractivity contribution < 1.29 is 14.6 Å². The highest BCUT2D eigenvalue weighted by molar-refractivity contribution is 5.89. The number of carbonyl (C=O) groups is 1. The lowest BCUT2D eigenvalue weighted by atomic mass is 10.0. The molecule has 1 aromatic carbocycles. The highest BCUT2D eigenvalue weighted by Gasteiger charge is 2.20. The fraction of sp³-hybridized carbons (Fsp3) is 0.429. The van der Waals surface area contributed by atoms with Crippen LogP contribution in [-0.2, 0) is 4.74 Å². The summed E-state index contributed by atoms with van der Waals surface area (Å²) in [6.45, 7) is 2.18. The average molecular weight is 397 g/mol. The average Bonchev–Trinajstić information content (AvgIpc) is 3.15. The lowest BCUT2D eigenvalue weighted by molar-refractivity contribution is 0.0497. The molecular formula is C21H27N5O3. The highest BCUT2D eigenvalue weighted by Crippen LogP contribution is 2.25. The number of anilines is 1. The van der Waals surface area contributed by atoms with Gasteiger partial charge >= 0.3 is 5.97 Å². The molecule has 2 unspecified atom stereocenters. The van der Waals surface area contributed by atoms with Crippen molar-refractivity contribution in [2.45, 2.75) is 51.2 Å². The number of aliphatic hydroxyl groups is 1. The number of fused-ring (bicyclic) bond motifs is 1. The Labute approximate surface area is 169 Å². The maximum absolute atomic E-state index is 11.9. The number of hydrogen-bond acceptors (Lipinski definition) is 7. The Morgan fingerprint density at radius 3 is 2.66 bits per heavy atom. The van der Waals surface area contributed by atoms with Gasteiger partial charge in [-0.05, 0) is 31.9 Å². The summed E-state index contributed by atoms with van der Waals surface area (Å²) in [5.74, 6) is 0.0520. The summed E-state index contributed by atoms with van der Waals surface area (Å²) in [6.07, 6.45) is 7.00. The van der Waals surface area contributed by atoms with Crippen LogP contribution in [0.15, 0.2) is 43.0 Å². The Morgan fingerprint density at radius 1 is 1.14 bits per heavy atom. The van der Waals surface area contributed by atoms with Gasteiger partial charge in [0.25, 0.3) is 0 Å². The van der Waals surface area contributed by atoms with Gasteiger partial charge in [0.15, 0.2) is 11.5 Å². The molecule has 0 amide bonds. The number of rotatable bonds is 10. The fourth-order valence-electron chi connectivity index (χ4n) is 3.36. The molecule has 2 heterocycles. The van der Waals surface area contributed by atoms with Crippen LogP contribution >= 0.6 is 0 Å². The Morgan fingerprint density at radius 2 is 1.90 bits per heavy atom. The summed E-state index contributed by atoms with van der Waals surface area (Å²) >= 11 is 0. The van der Waals surface area contributed by atoms with Gasteiger partial charge in [0.2, 0.25) is 0 Å². The van der Waals surface area contributed by atoms with Crippen molar-refractivity contribution in [1.29, 1.82) is 0 Å². The van der Waals surface area contributed by atoms with Crippen LogP contribution in [0.5, 0.6) is 0 Å². The Bertz CT molecular complexity index is 926. The van der Waals surface area contributed by atoms with Crippen LogP contribution < -0.4 is 5.73 Å². The van der Waals surface area contributed by atoms with Gasteiger partial charge in [0, 0.05) is 0 Å². The molecule has 8 nitrogen and oxygen atoms in total.